The molecule has 0 unspecified atom stereocenters. The second kappa shape index (κ2) is 7.36. The molecule has 6 nitrogen and oxygen atoms in total. The number of para-hydroxylation sites is 1. The van der Waals surface area contributed by atoms with E-state index in [9.17, 15) is 9.59 Å². The van der Waals surface area contributed by atoms with Gasteiger partial charge < -0.3 is 5.32 Å². The molecule has 0 bridgehead atoms. The van der Waals surface area contributed by atoms with Gasteiger partial charge in [0.2, 0.25) is 5.91 Å². The van der Waals surface area contributed by atoms with Crippen molar-refractivity contribution < 1.29 is 4.79 Å². The van der Waals surface area contributed by atoms with E-state index in [1.807, 2.05) is 62.4 Å². The molecule has 0 spiro atoms. The zero-order valence-corrected chi connectivity index (χ0v) is 16.3. The molecule has 2 heterocycles. The monoisotopic (exact) mass is 390 g/mol. The van der Waals surface area contributed by atoms with E-state index in [-0.39, 0.29) is 18.0 Å². The third kappa shape index (κ3) is 3.32. The van der Waals surface area contributed by atoms with Gasteiger partial charge in [0.25, 0.3) is 5.56 Å². The van der Waals surface area contributed by atoms with Crippen molar-refractivity contribution >= 4 is 33.3 Å². The summed E-state index contributed by atoms with van der Waals surface area (Å²) < 4.78 is 6.17. The fourth-order valence-electron chi connectivity index (χ4n) is 3.10. The number of anilines is 1. The highest BCUT2D eigenvalue weighted by molar-refractivity contribution is 7.13. The van der Waals surface area contributed by atoms with Crippen molar-refractivity contribution in [2.75, 3.05) is 5.32 Å². The SMILES string of the molecule is Cc1cccc(C)c1NC(=O)Cn1cnc2c(-c3ccccc3)nsc2c1=O. The van der Waals surface area contributed by atoms with Crippen LogP contribution in [-0.4, -0.2) is 19.8 Å². The summed E-state index contributed by atoms with van der Waals surface area (Å²) in [6, 6.07) is 15.4. The Kier molecular flexibility index (Phi) is 4.75. The number of aryl methyl sites for hydroxylation is 2. The third-order valence-corrected chi connectivity index (χ3v) is 5.38. The fourth-order valence-corrected chi connectivity index (χ4v) is 3.90. The Morgan fingerprint density at radius 1 is 1.07 bits per heavy atom. The predicted molar refractivity (Wildman–Crippen MR) is 112 cm³/mol. The quantitative estimate of drug-likeness (QED) is 0.575. The summed E-state index contributed by atoms with van der Waals surface area (Å²) in [4.78, 5) is 29.7. The standard InChI is InChI=1S/C21H18N4O2S/c1-13-7-6-8-14(2)17(13)23-16(26)11-25-12-22-19-18(15-9-4-3-5-10-15)24-28-20(19)21(25)27/h3-10,12H,11H2,1-2H3,(H,23,26). The van der Waals surface area contributed by atoms with E-state index in [1.54, 1.807) is 0 Å². The Balaban J connectivity index is 1.63. The van der Waals surface area contributed by atoms with E-state index >= 15 is 0 Å². The number of benzene rings is 2. The van der Waals surface area contributed by atoms with Crippen LogP contribution in [0, 0.1) is 13.8 Å². The van der Waals surface area contributed by atoms with Crippen molar-refractivity contribution in [3.05, 3.63) is 76.3 Å². The minimum Gasteiger partial charge on any atom is -0.324 e. The highest BCUT2D eigenvalue weighted by Gasteiger charge is 2.16. The lowest BCUT2D eigenvalue weighted by atomic mass is 10.1. The molecular weight excluding hydrogens is 372 g/mol. The van der Waals surface area contributed by atoms with E-state index in [0.29, 0.717) is 15.9 Å². The lowest BCUT2D eigenvalue weighted by molar-refractivity contribution is -0.116. The number of fused-ring (bicyclic) bond motifs is 1. The molecule has 2 aromatic carbocycles. The van der Waals surface area contributed by atoms with Crippen LogP contribution in [0.2, 0.25) is 0 Å². The molecule has 7 heteroatoms. The summed E-state index contributed by atoms with van der Waals surface area (Å²) in [5, 5.41) is 2.89. The number of hydrogen-bond donors (Lipinski definition) is 1. The van der Waals surface area contributed by atoms with E-state index in [4.69, 9.17) is 0 Å². The fraction of sp³-hybridized carbons (Fsp3) is 0.143. The van der Waals surface area contributed by atoms with Crippen LogP contribution in [0.15, 0.2) is 59.7 Å². The zero-order valence-electron chi connectivity index (χ0n) is 15.5. The van der Waals surface area contributed by atoms with Crippen molar-refractivity contribution in [2.45, 2.75) is 20.4 Å². The molecule has 0 aliphatic carbocycles. The van der Waals surface area contributed by atoms with Gasteiger partial charge in [-0.05, 0) is 36.5 Å². The second-order valence-electron chi connectivity index (χ2n) is 6.57. The van der Waals surface area contributed by atoms with Crippen molar-refractivity contribution in [1.29, 1.82) is 0 Å². The molecular formula is C21H18N4O2S. The van der Waals surface area contributed by atoms with Crippen LogP contribution in [0.1, 0.15) is 11.1 Å². The van der Waals surface area contributed by atoms with Gasteiger partial charge in [-0.1, -0.05) is 48.5 Å². The molecule has 0 radical (unpaired) electrons. The van der Waals surface area contributed by atoms with Gasteiger partial charge in [0.15, 0.2) is 0 Å². The minimum atomic E-state index is -0.270. The van der Waals surface area contributed by atoms with Gasteiger partial charge in [-0.15, -0.1) is 0 Å². The maximum Gasteiger partial charge on any atom is 0.273 e. The van der Waals surface area contributed by atoms with Crippen LogP contribution in [-0.2, 0) is 11.3 Å². The van der Waals surface area contributed by atoms with Crippen LogP contribution in [0.3, 0.4) is 0 Å². The van der Waals surface area contributed by atoms with Gasteiger partial charge in [0, 0.05) is 11.3 Å². The minimum absolute atomic E-state index is 0.103. The van der Waals surface area contributed by atoms with Gasteiger partial charge >= 0.3 is 0 Å². The molecule has 0 aliphatic rings. The Hall–Kier alpha value is -3.32. The highest BCUT2D eigenvalue weighted by atomic mass is 32.1. The van der Waals surface area contributed by atoms with E-state index < -0.39 is 0 Å². The van der Waals surface area contributed by atoms with Crippen LogP contribution >= 0.6 is 11.5 Å². The number of aromatic nitrogens is 3. The number of rotatable bonds is 4. The first-order valence-electron chi connectivity index (χ1n) is 8.81. The Labute approximate surface area is 165 Å². The summed E-state index contributed by atoms with van der Waals surface area (Å²) in [5.74, 6) is -0.270. The van der Waals surface area contributed by atoms with Crippen molar-refractivity contribution in [3.63, 3.8) is 0 Å². The Morgan fingerprint density at radius 2 is 1.79 bits per heavy atom. The van der Waals surface area contributed by atoms with E-state index in [2.05, 4.69) is 14.7 Å². The summed E-state index contributed by atoms with van der Waals surface area (Å²) in [7, 11) is 0. The molecule has 4 rings (SSSR count). The number of nitrogens with zero attached hydrogens (tertiary/aromatic N) is 3. The first-order chi connectivity index (χ1) is 13.5. The first-order valence-corrected chi connectivity index (χ1v) is 9.58. The third-order valence-electron chi connectivity index (χ3n) is 4.56. The molecule has 0 aliphatic heterocycles. The van der Waals surface area contributed by atoms with Gasteiger partial charge in [-0.3, -0.25) is 14.2 Å². The van der Waals surface area contributed by atoms with Gasteiger partial charge in [-0.2, -0.15) is 4.37 Å². The Bertz CT molecular complexity index is 1210. The average Bonchev–Trinajstić information content (AvgIpc) is 3.13. The molecule has 140 valence electrons. The van der Waals surface area contributed by atoms with Crippen LogP contribution in [0.5, 0.6) is 0 Å². The van der Waals surface area contributed by atoms with Crippen molar-refractivity contribution in [1.82, 2.24) is 13.9 Å². The van der Waals surface area contributed by atoms with E-state index in [0.717, 1.165) is 33.9 Å². The van der Waals surface area contributed by atoms with Gasteiger partial charge in [-0.25, -0.2) is 4.98 Å². The Morgan fingerprint density at radius 3 is 2.50 bits per heavy atom. The summed E-state index contributed by atoms with van der Waals surface area (Å²) >= 11 is 1.11. The number of amides is 1. The first kappa shape index (κ1) is 18.1. The predicted octanol–water partition coefficient (Wildman–Crippen LogP) is 3.78. The van der Waals surface area contributed by atoms with Crippen molar-refractivity contribution in [3.8, 4) is 11.3 Å². The van der Waals surface area contributed by atoms with Crippen LogP contribution in [0.25, 0.3) is 21.5 Å². The molecule has 2 aromatic heterocycles. The summed E-state index contributed by atoms with van der Waals surface area (Å²) in [6.07, 6.45) is 1.41. The van der Waals surface area contributed by atoms with Crippen molar-refractivity contribution in [2.24, 2.45) is 0 Å². The summed E-state index contributed by atoms with van der Waals surface area (Å²) in [5.41, 5.74) is 4.62. The normalized spacial score (nSPS) is 10.9. The maximum atomic E-state index is 12.8. The largest absolute Gasteiger partial charge is 0.324 e. The number of hydrogen-bond acceptors (Lipinski definition) is 5. The van der Waals surface area contributed by atoms with E-state index in [1.165, 1.54) is 10.9 Å². The molecule has 28 heavy (non-hydrogen) atoms. The van der Waals surface area contributed by atoms with Gasteiger partial charge in [0.05, 0.1) is 6.33 Å². The molecule has 1 N–H and O–H groups in total. The topological polar surface area (TPSA) is 76.9 Å². The molecule has 1 amide bonds. The second-order valence-corrected chi connectivity index (χ2v) is 7.34. The number of carbonyl (C=O) groups excluding carboxylic acids is 1. The van der Waals surface area contributed by atoms with Crippen LogP contribution in [0.4, 0.5) is 5.69 Å². The molecule has 0 atom stereocenters. The van der Waals surface area contributed by atoms with Crippen LogP contribution < -0.4 is 10.9 Å². The lowest BCUT2D eigenvalue weighted by Crippen LogP contribution is -2.27. The molecule has 0 fully saturated rings. The lowest BCUT2D eigenvalue weighted by Gasteiger charge is -2.12. The smallest absolute Gasteiger partial charge is 0.273 e. The molecule has 0 saturated heterocycles. The zero-order chi connectivity index (χ0) is 19.7. The number of nitrogens with one attached hydrogen (secondary N) is 1. The van der Waals surface area contributed by atoms with Gasteiger partial charge in [0.1, 0.15) is 22.5 Å². The molecule has 4 aromatic rings. The summed E-state index contributed by atoms with van der Waals surface area (Å²) in [6.45, 7) is 3.77. The maximum absolute atomic E-state index is 12.8. The number of carbonyl (C=O) groups is 1. The average molecular weight is 390 g/mol. The molecule has 0 saturated carbocycles. The highest BCUT2D eigenvalue weighted by Crippen LogP contribution is 2.27.